The molecule has 2 aromatic carbocycles. The topological polar surface area (TPSA) is 48.9 Å². The maximum absolute atomic E-state index is 12.5. The first-order chi connectivity index (χ1) is 10.4. The van der Waals surface area contributed by atoms with Crippen molar-refractivity contribution in [2.75, 3.05) is 0 Å². The van der Waals surface area contributed by atoms with E-state index in [1.54, 1.807) is 30.3 Å². The number of aromatic amines is 1. The molecule has 0 spiro atoms. The van der Waals surface area contributed by atoms with Crippen LogP contribution in [-0.2, 0) is 6.18 Å². The molecule has 0 fully saturated rings. The first-order valence-corrected chi connectivity index (χ1v) is 6.46. The summed E-state index contributed by atoms with van der Waals surface area (Å²) < 4.78 is 37.6. The molecule has 112 valence electrons. The summed E-state index contributed by atoms with van der Waals surface area (Å²) in [4.78, 5) is 0. The number of aromatic nitrogens is 2. The lowest BCUT2D eigenvalue weighted by molar-refractivity contribution is -0.137. The lowest BCUT2D eigenvalue weighted by atomic mass is 10.1. The van der Waals surface area contributed by atoms with Gasteiger partial charge >= 0.3 is 6.18 Å². The highest BCUT2D eigenvalue weighted by atomic mass is 19.4. The fraction of sp³-hybridized carbons (Fsp3) is 0.0625. The van der Waals surface area contributed by atoms with Crippen LogP contribution in [0.15, 0.2) is 54.6 Å². The van der Waals surface area contributed by atoms with E-state index in [1.165, 1.54) is 12.1 Å². The molecule has 0 aliphatic carbocycles. The number of nitrogens with one attached hydrogen (secondary N) is 1. The van der Waals surface area contributed by atoms with Gasteiger partial charge in [-0.25, -0.2) is 0 Å². The number of H-pyrrole nitrogens is 1. The second-order valence-electron chi connectivity index (χ2n) is 4.79. The number of hydrogen-bond donors (Lipinski definition) is 2. The van der Waals surface area contributed by atoms with Gasteiger partial charge < -0.3 is 5.11 Å². The van der Waals surface area contributed by atoms with Crippen LogP contribution in [0.2, 0.25) is 0 Å². The molecule has 3 rings (SSSR count). The van der Waals surface area contributed by atoms with Crippen molar-refractivity contribution in [2.24, 2.45) is 0 Å². The van der Waals surface area contributed by atoms with E-state index >= 15 is 0 Å². The standard InChI is InChI=1S/C16H11F3N2O/c17-16(18,19)12-5-1-10(2-6-12)14-9-15(21-20-14)11-3-7-13(22)8-4-11/h1-9,22H,(H,20,21). The van der Waals surface area contributed by atoms with Gasteiger partial charge in [0.05, 0.1) is 17.0 Å². The van der Waals surface area contributed by atoms with Crippen LogP contribution in [-0.4, -0.2) is 15.3 Å². The molecule has 0 unspecified atom stereocenters. The predicted molar refractivity (Wildman–Crippen MR) is 76.1 cm³/mol. The van der Waals surface area contributed by atoms with E-state index in [1.807, 2.05) is 0 Å². The second-order valence-corrected chi connectivity index (χ2v) is 4.79. The summed E-state index contributed by atoms with van der Waals surface area (Å²) >= 11 is 0. The van der Waals surface area contributed by atoms with Gasteiger partial charge in [0.1, 0.15) is 5.75 Å². The van der Waals surface area contributed by atoms with Gasteiger partial charge in [-0.05, 0) is 48.0 Å². The smallest absolute Gasteiger partial charge is 0.416 e. The van der Waals surface area contributed by atoms with Gasteiger partial charge in [-0.1, -0.05) is 12.1 Å². The van der Waals surface area contributed by atoms with Crippen LogP contribution in [0.25, 0.3) is 22.5 Å². The van der Waals surface area contributed by atoms with Crippen molar-refractivity contribution in [3.8, 4) is 28.3 Å². The van der Waals surface area contributed by atoms with Gasteiger partial charge in [-0.3, -0.25) is 5.10 Å². The molecule has 1 heterocycles. The SMILES string of the molecule is Oc1ccc(-c2cc(-c3ccc(C(F)(F)F)cc3)[nH]n2)cc1. The Labute approximate surface area is 124 Å². The molecule has 3 nitrogen and oxygen atoms in total. The fourth-order valence-corrected chi connectivity index (χ4v) is 2.09. The number of rotatable bonds is 2. The summed E-state index contributed by atoms with van der Waals surface area (Å²) in [7, 11) is 0. The average Bonchev–Trinajstić information content (AvgIpc) is 2.97. The minimum Gasteiger partial charge on any atom is -0.508 e. The normalized spacial score (nSPS) is 11.6. The molecular weight excluding hydrogens is 293 g/mol. The molecule has 2 N–H and O–H groups in total. The van der Waals surface area contributed by atoms with Gasteiger partial charge in [0.25, 0.3) is 0 Å². The summed E-state index contributed by atoms with van der Waals surface area (Å²) in [5.41, 5.74) is 2.00. The maximum Gasteiger partial charge on any atom is 0.416 e. The van der Waals surface area contributed by atoms with E-state index in [-0.39, 0.29) is 5.75 Å². The largest absolute Gasteiger partial charge is 0.508 e. The Kier molecular flexibility index (Phi) is 3.36. The molecule has 0 atom stereocenters. The summed E-state index contributed by atoms with van der Waals surface area (Å²) in [5.74, 6) is 0.155. The third-order valence-electron chi connectivity index (χ3n) is 3.26. The number of nitrogens with zero attached hydrogens (tertiary/aromatic N) is 1. The van der Waals surface area contributed by atoms with Gasteiger partial charge in [0, 0.05) is 5.56 Å². The number of aromatic hydroxyl groups is 1. The predicted octanol–water partition coefficient (Wildman–Crippen LogP) is 4.47. The van der Waals surface area contributed by atoms with E-state index in [2.05, 4.69) is 10.2 Å². The van der Waals surface area contributed by atoms with Crippen LogP contribution in [0, 0.1) is 0 Å². The highest BCUT2D eigenvalue weighted by Gasteiger charge is 2.30. The van der Waals surface area contributed by atoms with Crippen molar-refractivity contribution >= 4 is 0 Å². The third kappa shape index (κ3) is 2.81. The molecule has 0 radical (unpaired) electrons. The minimum atomic E-state index is -4.34. The Bertz CT molecular complexity index is 774. The van der Waals surface area contributed by atoms with Crippen molar-refractivity contribution in [2.45, 2.75) is 6.18 Å². The number of phenols is 1. The highest BCUT2D eigenvalue weighted by Crippen LogP contribution is 2.31. The van der Waals surface area contributed by atoms with E-state index in [9.17, 15) is 18.3 Å². The Morgan fingerprint density at radius 3 is 2.05 bits per heavy atom. The highest BCUT2D eigenvalue weighted by molar-refractivity contribution is 5.68. The first-order valence-electron chi connectivity index (χ1n) is 6.46. The molecule has 1 aromatic heterocycles. The molecule has 0 saturated heterocycles. The van der Waals surface area contributed by atoms with E-state index < -0.39 is 11.7 Å². The molecule has 0 aliphatic heterocycles. The Balaban J connectivity index is 1.89. The van der Waals surface area contributed by atoms with Crippen molar-refractivity contribution < 1.29 is 18.3 Å². The van der Waals surface area contributed by atoms with Crippen molar-refractivity contribution in [1.82, 2.24) is 10.2 Å². The van der Waals surface area contributed by atoms with Crippen LogP contribution < -0.4 is 0 Å². The molecule has 0 saturated carbocycles. The number of phenolic OH excluding ortho intramolecular Hbond substituents is 1. The van der Waals surface area contributed by atoms with Crippen LogP contribution >= 0.6 is 0 Å². The zero-order valence-corrected chi connectivity index (χ0v) is 11.2. The molecule has 22 heavy (non-hydrogen) atoms. The third-order valence-corrected chi connectivity index (χ3v) is 3.26. The maximum atomic E-state index is 12.5. The van der Waals surface area contributed by atoms with E-state index in [4.69, 9.17) is 0 Å². The van der Waals surface area contributed by atoms with Crippen LogP contribution in [0.3, 0.4) is 0 Å². The minimum absolute atomic E-state index is 0.155. The van der Waals surface area contributed by atoms with Gasteiger partial charge in [-0.2, -0.15) is 18.3 Å². The number of benzene rings is 2. The molecule has 0 bridgehead atoms. The average molecular weight is 304 g/mol. The Hall–Kier alpha value is -2.76. The van der Waals surface area contributed by atoms with Crippen LogP contribution in [0.5, 0.6) is 5.75 Å². The molecule has 6 heteroatoms. The Morgan fingerprint density at radius 1 is 0.864 bits per heavy atom. The van der Waals surface area contributed by atoms with Crippen molar-refractivity contribution in [1.29, 1.82) is 0 Å². The van der Waals surface area contributed by atoms with Crippen molar-refractivity contribution in [3.63, 3.8) is 0 Å². The van der Waals surface area contributed by atoms with Crippen LogP contribution in [0.4, 0.5) is 13.2 Å². The number of hydrogen-bond acceptors (Lipinski definition) is 2. The number of alkyl halides is 3. The van der Waals surface area contributed by atoms with Crippen LogP contribution in [0.1, 0.15) is 5.56 Å². The second kappa shape index (κ2) is 5.22. The van der Waals surface area contributed by atoms with Crippen molar-refractivity contribution in [3.05, 3.63) is 60.2 Å². The molecule has 3 aromatic rings. The van der Waals surface area contributed by atoms with Gasteiger partial charge in [0.2, 0.25) is 0 Å². The lowest BCUT2D eigenvalue weighted by Gasteiger charge is -2.06. The molecule has 0 aliphatic rings. The Morgan fingerprint density at radius 2 is 1.45 bits per heavy atom. The molecule has 0 amide bonds. The summed E-state index contributed by atoms with van der Waals surface area (Å²) in [6, 6.07) is 13.1. The summed E-state index contributed by atoms with van der Waals surface area (Å²) in [6.45, 7) is 0. The zero-order valence-electron chi connectivity index (χ0n) is 11.2. The number of halogens is 3. The fourth-order valence-electron chi connectivity index (χ4n) is 2.09. The summed E-state index contributed by atoms with van der Waals surface area (Å²) in [6.07, 6.45) is -4.34. The van der Waals surface area contributed by atoms with Gasteiger partial charge in [0.15, 0.2) is 0 Å². The quantitative estimate of drug-likeness (QED) is 0.734. The van der Waals surface area contributed by atoms with E-state index in [0.717, 1.165) is 17.7 Å². The zero-order chi connectivity index (χ0) is 15.7. The lowest BCUT2D eigenvalue weighted by Crippen LogP contribution is -2.03. The van der Waals surface area contributed by atoms with Gasteiger partial charge in [-0.15, -0.1) is 0 Å². The monoisotopic (exact) mass is 304 g/mol. The first kappa shape index (κ1) is 14.2. The molecular formula is C16H11F3N2O. The summed E-state index contributed by atoms with van der Waals surface area (Å²) in [5, 5.41) is 16.2. The van der Waals surface area contributed by atoms with E-state index in [0.29, 0.717) is 17.0 Å².